The molecule has 0 aliphatic carbocycles. The molecule has 0 saturated heterocycles. The van der Waals surface area contributed by atoms with Gasteiger partial charge in [0.2, 0.25) is 0 Å². The highest BCUT2D eigenvalue weighted by atomic mass is 14.9. The van der Waals surface area contributed by atoms with E-state index in [0.717, 1.165) is 19.0 Å². The molecule has 1 aromatic carbocycles. The van der Waals surface area contributed by atoms with Crippen molar-refractivity contribution >= 4 is 0 Å². The van der Waals surface area contributed by atoms with Crippen LogP contribution in [0.2, 0.25) is 0 Å². The Morgan fingerprint density at radius 2 is 1.63 bits per heavy atom. The quantitative estimate of drug-likeness (QED) is 0.631. The van der Waals surface area contributed by atoms with E-state index in [0.29, 0.717) is 5.41 Å². The Balaban J connectivity index is 3.05. The van der Waals surface area contributed by atoms with Crippen LogP contribution in [-0.2, 0) is 5.41 Å². The first-order valence-electron chi connectivity index (χ1n) is 8.01. The second kappa shape index (κ2) is 8.37. The third kappa shape index (κ3) is 3.82. The average molecular weight is 261 g/mol. The molecule has 1 aromatic rings. The van der Waals surface area contributed by atoms with Crippen molar-refractivity contribution < 1.29 is 0 Å². The van der Waals surface area contributed by atoms with Crippen LogP contribution in [0.25, 0.3) is 0 Å². The molecular formula is C18H31N. The van der Waals surface area contributed by atoms with Gasteiger partial charge in [-0.2, -0.15) is 0 Å². The van der Waals surface area contributed by atoms with Crippen LogP contribution < -0.4 is 5.32 Å². The summed E-state index contributed by atoms with van der Waals surface area (Å²) in [5.41, 5.74) is 1.80. The van der Waals surface area contributed by atoms with Gasteiger partial charge >= 0.3 is 0 Å². The number of benzene rings is 1. The predicted octanol–water partition coefficient (Wildman–Crippen LogP) is 4.77. The minimum absolute atomic E-state index is 0.292. The molecular weight excluding hydrogens is 230 g/mol. The van der Waals surface area contributed by atoms with E-state index < -0.39 is 0 Å². The fourth-order valence-electron chi connectivity index (χ4n) is 3.43. The number of hydrogen-bond acceptors (Lipinski definition) is 1. The summed E-state index contributed by atoms with van der Waals surface area (Å²) in [4.78, 5) is 0. The van der Waals surface area contributed by atoms with Crippen LogP contribution in [0.3, 0.4) is 0 Å². The van der Waals surface area contributed by atoms with Gasteiger partial charge in [-0.15, -0.1) is 0 Å². The van der Waals surface area contributed by atoms with Gasteiger partial charge in [-0.25, -0.2) is 0 Å². The van der Waals surface area contributed by atoms with Gasteiger partial charge in [-0.3, -0.25) is 0 Å². The smallest absolute Gasteiger partial charge is 0.0103 e. The minimum Gasteiger partial charge on any atom is -0.316 e. The Morgan fingerprint density at radius 3 is 2.11 bits per heavy atom. The van der Waals surface area contributed by atoms with Crippen molar-refractivity contribution in [3.8, 4) is 0 Å². The lowest BCUT2D eigenvalue weighted by Gasteiger charge is -2.41. The van der Waals surface area contributed by atoms with E-state index in [4.69, 9.17) is 0 Å². The summed E-state index contributed by atoms with van der Waals surface area (Å²) in [6.07, 6.45) is 4.93. The molecule has 0 bridgehead atoms. The van der Waals surface area contributed by atoms with Crippen LogP contribution >= 0.6 is 0 Å². The summed E-state index contributed by atoms with van der Waals surface area (Å²) in [6.45, 7) is 11.5. The first-order valence-corrected chi connectivity index (χ1v) is 8.01. The van der Waals surface area contributed by atoms with Crippen molar-refractivity contribution in [1.29, 1.82) is 0 Å². The van der Waals surface area contributed by atoms with Gasteiger partial charge in [0.1, 0.15) is 0 Å². The largest absolute Gasteiger partial charge is 0.316 e. The maximum atomic E-state index is 3.67. The van der Waals surface area contributed by atoms with E-state index in [2.05, 4.69) is 63.3 Å². The molecule has 1 heteroatoms. The molecule has 0 aliphatic heterocycles. The molecule has 19 heavy (non-hydrogen) atoms. The minimum atomic E-state index is 0.292. The Bertz CT molecular complexity index is 329. The zero-order valence-electron chi connectivity index (χ0n) is 13.2. The van der Waals surface area contributed by atoms with Gasteiger partial charge in [0.25, 0.3) is 0 Å². The summed E-state index contributed by atoms with van der Waals surface area (Å²) in [5, 5.41) is 3.67. The summed E-state index contributed by atoms with van der Waals surface area (Å²) in [6, 6.07) is 11.1. The molecule has 1 N–H and O–H groups in total. The lowest BCUT2D eigenvalue weighted by atomic mass is 9.66. The standard InChI is InChI=1S/C18H31N/c1-5-14-19-15-18(8-4,16(6-2)7-3)17-12-10-9-11-13-17/h9-13,16,19H,5-8,14-15H2,1-4H3. The zero-order valence-corrected chi connectivity index (χ0v) is 13.2. The predicted molar refractivity (Wildman–Crippen MR) is 85.6 cm³/mol. The topological polar surface area (TPSA) is 12.0 Å². The monoisotopic (exact) mass is 261 g/mol. The van der Waals surface area contributed by atoms with E-state index in [1.165, 1.54) is 31.2 Å². The normalized spacial score (nSPS) is 14.6. The SMILES string of the molecule is CCCNCC(CC)(c1ccccc1)C(CC)CC. The molecule has 0 aliphatic rings. The van der Waals surface area contributed by atoms with Crippen molar-refractivity contribution in [2.24, 2.45) is 5.92 Å². The maximum Gasteiger partial charge on any atom is 0.0103 e. The fourth-order valence-corrected chi connectivity index (χ4v) is 3.43. The second-order valence-electron chi connectivity index (χ2n) is 5.57. The molecule has 0 saturated carbocycles. The average Bonchev–Trinajstić information content (AvgIpc) is 2.47. The molecule has 0 fully saturated rings. The highest BCUT2D eigenvalue weighted by molar-refractivity contribution is 5.27. The number of nitrogens with one attached hydrogen (secondary N) is 1. The van der Waals surface area contributed by atoms with Crippen molar-refractivity contribution in [1.82, 2.24) is 5.32 Å². The van der Waals surface area contributed by atoms with E-state index in [1.54, 1.807) is 0 Å². The highest BCUT2D eigenvalue weighted by Crippen LogP contribution is 2.39. The summed E-state index contributed by atoms with van der Waals surface area (Å²) in [5.74, 6) is 0.754. The molecule has 0 amide bonds. The molecule has 0 heterocycles. The Labute approximate surface area is 119 Å². The molecule has 1 unspecified atom stereocenters. The van der Waals surface area contributed by atoms with Crippen LogP contribution in [0.1, 0.15) is 58.9 Å². The molecule has 0 aromatic heterocycles. The van der Waals surface area contributed by atoms with Crippen LogP contribution in [0.5, 0.6) is 0 Å². The van der Waals surface area contributed by atoms with Gasteiger partial charge in [0, 0.05) is 12.0 Å². The number of rotatable bonds is 9. The zero-order chi connectivity index (χ0) is 14.1. The Hall–Kier alpha value is -0.820. The van der Waals surface area contributed by atoms with Crippen molar-refractivity contribution in [3.63, 3.8) is 0 Å². The van der Waals surface area contributed by atoms with Crippen molar-refractivity contribution in [3.05, 3.63) is 35.9 Å². The number of hydrogen-bond donors (Lipinski definition) is 1. The van der Waals surface area contributed by atoms with Crippen LogP contribution in [0, 0.1) is 5.92 Å². The summed E-state index contributed by atoms with van der Waals surface area (Å²) >= 11 is 0. The van der Waals surface area contributed by atoms with E-state index >= 15 is 0 Å². The molecule has 108 valence electrons. The van der Waals surface area contributed by atoms with Gasteiger partial charge in [0.15, 0.2) is 0 Å². The third-order valence-corrected chi connectivity index (χ3v) is 4.61. The Morgan fingerprint density at radius 1 is 1.00 bits per heavy atom. The van der Waals surface area contributed by atoms with Crippen molar-refractivity contribution in [2.45, 2.75) is 58.8 Å². The van der Waals surface area contributed by atoms with E-state index in [1.807, 2.05) is 0 Å². The molecule has 0 spiro atoms. The van der Waals surface area contributed by atoms with Gasteiger partial charge in [-0.05, 0) is 30.9 Å². The molecule has 1 nitrogen and oxygen atoms in total. The summed E-state index contributed by atoms with van der Waals surface area (Å²) in [7, 11) is 0. The fraction of sp³-hybridized carbons (Fsp3) is 0.667. The van der Waals surface area contributed by atoms with Crippen LogP contribution in [-0.4, -0.2) is 13.1 Å². The first-order chi connectivity index (χ1) is 9.25. The van der Waals surface area contributed by atoms with Gasteiger partial charge in [0.05, 0.1) is 0 Å². The van der Waals surface area contributed by atoms with E-state index in [9.17, 15) is 0 Å². The second-order valence-corrected chi connectivity index (χ2v) is 5.57. The Kier molecular flexibility index (Phi) is 7.15. The molecule has 0 radical (unpaired) electrons. The lowest BCUT2D eigenvalue weighted by molar-refractivity contribution is 0.231. The molecule has 1 atom stereocenters. The van der Waals surface area contributed by atoms with Crippen LogP contribution in [0.4, 0.5) is 0 Å². The maximum absolute atomic E-state index is 3.67. The lowest BCUT2D eigenvalue weighted by Crippen LogP contribution is -2.44. The van der Waals surface area contributed by atoms with Crippen molar-refractivity contribution in [2.75, 3.05) is 13.1 Å². The molecule has 1 rings (SSSR count). The summed E-state index contributed by atoms with van der Waals surface area (Å²) < 4.78 is 0. The van der Waals surface area contributed by atoms with E-state index in [-0.39, 0.29) is 0 Å². The van der Waals surface area contributed by atoms with Crippen LogP contribution in [0.15, 0.2) is 30.3 Å². The third-order valence-electron chi connectivity index (χ3n) is 4.61. The first kappa shape index (κ1) is 16.2. The highest BCUT2D eigenvalue weighted by Gasteiger charge is 2.36. The van der Waals surface area contributed by atoms with Gasteiger partial charge < -0.3 is 5.32 Å². The van der Waals surface area contributed by atoms with Gasteiger partial charge in [-0.1, -0.05) is 70.9 Å².